The number of hydrogen-bond acceptors (Lipinski definition) is 7. The zero-order valence-electron chi connectivity index (χ0n) is 25.7. The molecule has 0 heterocycles. The second-order valence-electron chi connectivity index (χ2n) is 10.3. The van der Waals surface area contributed by atoms with Crippen molar-refractivity contribution in [1.82, 2.24) is 5.43 Å². The summed E-state index contributed by atoms with van der Waals surface area (Å²) in [4.78, 5) is 25.7. The molecule has 5 aromatic rings. The number of halogens is 1. The first-order valence-electron chi connectivity index (χ1n) is 14.6. The fourth-order valence-electron chi connectivity index (χ4n) is 4.58. The van der Waals surface area contributed by atoms with Gasteiger partial charge in [-0.3, -0.25) is 13.9 Å². The lowest BCUT2D eigenvalue weighted by atomic mass is 10.1. The van der Waals surface area contributed by atoms with Gasteiger partial charge in [0.25, 0.3) is 21.8 Å². The highest BCUT2D eigenvalue weighted by molar-refractivity contribution is 7.92. The van der Waals surface area contributed by atoms with E-state index < -0.39 is 15.9 Å². The van der Waals surface area contributed by atoms with Crippen LogP contribution < -0.4 is 24.5 Å². The third-order valence-electron chi connectivity index (χ3n) is 7.01. The Bertz CT molecular complexity index is 2010. The quantitative estimate of drug-likeness (QED) is 0.108. The van der Waals surface area contributed by atoms with Crippen molar-refractivity contribution in [3.05, 3.63) is 149 Å². The van der Waals surface area contributed by atoms with Crippen molar-refractivity contribution in [3.8, 4) is 11.5 Å². The van der Waals surface area contributed by atoms with Crippen LogP contribution in [0.4, 0.5) is 11.4 Å². The smallest absolute Gasteiger partial charge is 0.273 e. The van der Waals surface area contributed by atoms with Crippen molar-refractivity contribution in [3.63, 3.8) is 0 Å². The number of carbonyl (C=O) groups is 2. The molecule has 0 aliphatic rings. The Morgan fingerprint density at radius 1 is 0.812 bits per heavy atom. The van der Waals surface area contributed by atoms with Gasteiger partial charge in [-0.05, 0) is 83.9 Å². The molecule has 12 heteroatoms. The Morgan fingerprint density at radius 2 is 1.46 bits per heavy atom. The molecule has 0 aliphatic heterocycles. The molecular weight excluding hydrogens is 652 g/mol. The van der Waals surface area contributed by atoms with Crippen LogP contribution in [-0.2, 0) is 21.4 Å². The Kier molecular flexibility index (Phi) is 11.1. The Labute approximate surface area is 283 Å². The van der Waals surface area contributed by atoms with E-state index >= 15 is 0 Å². The second kappa shape index (κ2) is 15.8. The van der Waals surface area contributed by atoms with Crippen molar-refractivity contribution >= 4 is 51.0 Å². The molecule has 0 fully saturated rings. The summed E-state index contributed by atoms with van der Waals surface area (Å²) >= 11 is 6.08. The fraction of sp³-hybridized carbons (Fsp3) is 0.0833. The van der Waals surface area contributed by atoms with E-state index in [2.05, 4.69) is 15.8 Å². The Morgan fingerprint density at radius 3 is 2.17 bits per heavy atom. The number of anilines is 2. The molecular formula is C36H31ClN4O6S. The second-order valence-corrected chi connectivity index (χ2v) is 12.5. The van der Waals surface area contributed by atoms with E-state index in [1.165, 1.54) is 35.8 Å². The summed E-state index contributed by atoms with van der Waals surface area (Å²) in [5, 5.41) is 7.19. The molecule has 0 saturated heterocycles. The summed E-state index contributed by atoms with van der Waals surface area (Å²) in [6, 6.07) is 35.2. The third kappa shape index (κ3) is 8.58. The topological polar surface area (TPSA) is 126 Å². The molecule has 5 rings (SSSR count). The van der Waals surface area contributed by atoms with Gasteiger partial charge in [-0.2, -0.15) is 5.10 Å². The number of carbonyl (C=O) groups excluding carboxylic acids is 2. The highest BCUT2D eigenvalue weighted by Gasteiger charge is 2.28. The zero-order chi connectivity index (χ0) is 33.9. The van der Waals surface area contributed by atoms with Crippen LogP contribution in [-0.4, -0.2) is 40.2 Å². The van der Waals surface area contributed by atoms with Crippen LogP contribution >= 0.6 is 11.6 Å². The monoisotopic (exact) mass is 682 g/mol. The summed E-state index contributed by atoms with van der Waals surface area (Å²) in [6.07, 6.45) is 1.43. The summed E-state index contributed by atoms with van der Waals surface area (Å²) < 4.78 is 40.0. The summed E-state index contributed by atoms with van der Waals surface area (Å²) in [7, 11) is -2.61. The number of para-hydroxylation sites is 2. The molecule has 5 aromatic carbocycles. The molecule has 0 spiro atoms. The van der Waals surface area contributed by atoms with Gasteiger partial charge in [0.05, 0.1) is 46.7 Å². The molecule has 0 radical (unpaired) electrons. The van der Waals surface area contributed by atoms with Crippen LogP contribution in [0.3, 0.4) is 0 Å². The molecule has 10 nitrogen and oxygen atoms in total. The lowest BCUT2D eigenvalue weighted by Gasteiger charge is -2.26. The van der Waals surface area contributed by atoms with E-state index in [-0.39, 0.29) is 35.2 Å². The number of sulfonamides is 1. The average molecular weight is 683 g/mol. The Balaban J connectivity index is 1.28. The van der Waals surface area contributed by atoms with Crippen molar-refractivity contribution in [1.29, 1.82) is 0 Å². The van der Waals surface area contributed by atoms with Crippen LogP contribution in [0.15, 0.2) is 137 Å². The van der Waals surface area contributed by atoms with Crippen LogP contribution in [0.1, 0.15) is 21.5 Å². The van der Waals surface area contributed by atoms with Crippen molar-refractivity contribution < 1.29 is 27.5 Å². The van der Waals surface area contributed by atoms with Gasteiger partial charge < -0.3 is 14.8 Å². The average Bonchev–Trinajstić information content (AvgIpc) is 3.11. The zero-order valence-corrected chi connectivity index (χ0v) is 27.3. The number of rotatable bonds is 13. The first-order valence-corrected chi connectivity index (χ1v) is 16.5. The molecule has 0 aliphatic carbocycles. The minimum absolute atomic E-state index is 0.0150. The fourth-order valence-corrected chi connectivity index (χ4v) is 6.24. The van der Waals surface area contributed by atoms with E-state index in [0.29, 0.717) is 27.8 Å². The number of nitrogens with zero attached hydrogens (tertiary/aromatic N) is 2. The largest absolute Gasteiger partial charge is 0.497 e. The van der Waals surface area contributed by atoms with E-state index in [4.69, 9.17) is 21.1 Å². The standard InChI is InChI=1S/C36H31ClN4O6S/c1-46-28-19-21-30(22-20-28)48(44,45)41(24-27-9-3-2-4-10-27)34-14-8-5-11-31(34)36(43)40-38-23-26-15-17-29(18-16-26)47-25-35(42)39-33-13-7-6-12-32(33)37/h2-23H,24-25H2,1H3,(H,39,42)(H,40,43)/b38-23-. The highest BCUT2D eigenvalue weighted by Crippen LogP contribution is 2.30. The predicted molar refractivity (Wildman–Crippen MR) is 186 cm³/mol. The van der Waals surface area contributed by atoms with Gasteiger partial charge in [-0.25, -0.2) is 13.8 Å². The van der Waals surface area contributed by atoms with Crippen LogP contribution in [0, 0.1) is 0 Å². The maximum atomic E-state index is 14.0. The lowest BCUT2D eigenvalue weighted by Crippen LogP contribution is -2.33. The molecule has 0 atom stereocenters. The minimum atomic E-state index is -4.11. The number of amides is 2. The maximum Gasteiger partial charge on any atom is 0.273 e. The first-order chi connectivity index (χ1) is 23.2. The molecule has 2 N–H and O–H groups in total. The van der Waals surface area contributed by atoms with E-state index in [1.807, 2.05) is 30.3 Å². The van der Waals surface area contributed by atoms with E-state index in [9.17, 15) is 18.0 Å². The van der Waals surface area contributed by atoms with Crippen molar-refractivity contribution in [2.24, 2.45) is 5.10 Å². The summed E-state index contributed by atoms with van der Waals surface area (Å²) in [5.74, 6) is 0.00143. The number of benzene rings is 5. The van der Waals surface area contributed by atoms with Crippen molar-refractivity contribution in [2.75, 3.05) is 23.3 Å². The summed E-state index contributed by atoms with van der Waals surface area (Å²) in [6.45, 7) is -0.234. The molecule has 0 unspecified atom stereocenters. The van der Waals surface area contributed by atoms with Crippen LogP contribution in [0.5, 0.6) is 11.5 Å². The van der Waals surface area contributed by atoms with Gasteiger partial charge in [0.15, 0.2) is 6.61 Å². The normalized spacial score (nSPS) is 11.1. The van der Waals surface area contributed by atoms with Gasteiger partial charge >= 0.3 is 0 Å². The first kappa shape index (κ1) is 33.7. The van der Waals surface area contributed by atoms with E-state index in [1.54, 1.807) is 78.9 Å². The number of hydrazone groups is 1. The van der Waals surface area contributed by atoms with Gasteiger partial charge in [-0.15, -0.1) is 0 Å². The molecule has 0 aromatic heterocycles. The van der Waals surface area contributed by atoms with Crippen LogP contribution in [0.25, 0.3) is 0 Å². The number of ether oxygens (including phenoxy) is 2. The maximum absolute atomic E-state index is 14.0. The van der Waals surface area contributed by atoms with Gasteiger partial charge in [0.1, 0.15) is 11.5 Å². The minimum Gasteiger partial charge on any atom is -0.497 e. The Hall–Kier alpha value is -5.65. The summed E-state index contributed by atoms with van der Waals surface area (Å²) in [5.41, 5.74) is 4.66. The number of hydrogen-bond donors (Lipinski definition) is 2. The molecule has 0 bridgehead atoms. The predicted octanol–water partition coefficient (Wildman–Crippen LogP) is 6.53. The van der Waals surface area contributed by atoms with Gasteiger partial charge in [-0.1, -0.05) is 66.2 Å². The van der Waals surface area contributed by atoms with Crippen LogP contribution in [0.2, 0.25) is 5.02 Å². The van der Waals surface area contributed by atoms with Gasteiger partial charge in [0.2, 0.25) is 0 Å². The SMILES string of the molecule is COc1ccc(S(=O)(=O)N(Cc2ccccc2)c2ccccc2C(=O)N/N=C\c2ccc(OCC(=O)Nc3ccccc3Cl)cc2)cc1. The molecule has 0 saturated carbocycles. The molecule has 48 heavy (non-hydrogen) atoms. The number of nitrogens with one attached hydrogen (secondary N) is 2. The lowest BCUT2D eigenvalue weighted by molar-refractivity contribution is -0.118. The third-order valence-corrected chi connectivity index (χ3v) is 9.12. The highest BCUT2D eigenvalue weighted by atomic mass is 35.5. The van der Waals surface area contributed by atoms with Crippen molar-refractivity contribution in [2.45, 2.75) is 11.4 Å². The molecule has 244 valence electrons. The number of methoxy groups -OCH3 is 1. The van der Waals surface area contributed by atoms with Gasteiger partial charge in [0, 0.05) is 0 Å². The molecule has 2 amide bonds. The van der Waals surface area contributed by atoms with E-state index in [0.717, 1.165) is 5.56 Å².